The van der Waals surface area contributed by atoms with Crippen LogP contribution in [-0.4, -0.2) is 12.0 Å². The van der Waals surface area contributed by atoms with Gasteiger partial charge in [0.05, 0.1) is 0 Å². The van der Waals surface area contributed by atoms with E-state index in [1.165, 1.54) is 31.4 Å². The molecule has 0 aliphatic carbocycles. The molecule has 0 nitrogen and oxygen atoms in total. The SMILES string of the molecule is [CH2]CCCCCCSC. The molecule has 0 aliphatic heterocycles. The summed E-state index contributed by atoms with van der Waals surface area (Å²) in [7, 11) is 0. The van der Waals surface area contributed by atoms with E-state index >= 15 is 0 Å². The van der Waals surface area contributed by atoms with E-state index < -0.39 is 0 Å². The Morgan fingerprint density at radius 2 is 1.78 bits per heavy atom. The van der Waals surface area contributed by atoms with Crippen molar-refractivity contribution in [2.75, 3.05) is 12.0 Å². The van der Waals surface area contributed by atoms with Crippen molar-refractivity contribution in [2.24, 2.45) is 0 Å². The van der Waals surface area contributed by atoms with Gasteiger partial charge in [0, 0.05) is 0 Å². The first-order chi connectivity index (χ1) is 4.41. The first kappa shape index (κ1) is 9.35. The second-order valence-corrected chi connectivity index (χ2v) is 3.25. The zero-order chi connectivity index (χ0) is 6.95. The molecule has 0 aromatic rings. The van der Waals surface area contributed by atoms with Gasteiger partial charge in [-0.15, -0.1) is 0 Å². The fourth-order valence-electron chi connectivity index (χ4n) is 0.777. The van der Waals surface area contributed by atoms with Gasteiger partial charge in [-0.25, -0.2) is 0 Å². The zero-order valence-electron chi connectivity index (χ0n) is 6.36. The first-order valence-corrected chi connectivity index (χ1v) is 5.09. The average Bonchev–Trinajstić information content (AvgIpc) is 1.89. The van der Waals surface area contributed by atoms with Crippen LogP contribution in [0.2, 0.25) is 0 Å². The molecule has 0 heterocycles. The molecule has 1 heteroatoms. The van der Waals surface area contributed by atoms with Gasteiger partial charge in [0.15, 0.2) is 0 Å². The first-order valence-electron chi connectivity index (χ1n) is 3.70. The summed E-state index contributed by atoms with van der Waals surface area (Å²) in [4.78, 5) is 0. The van der Waals surface area contributed by atoms with Crippen molar-refractivity contribution in [3.8, 4) is 0 Å². The summed E-state index contributed by atoms with van der Waals surface area (Å²) in [5.74, 6) is 1.33. The number of hydrogen-bond donors (Lipinski definition) is 0. The van der Waals surface area contributed by atoms with E-state index in [4.69, 9.17) is 0 Å². The van der Waals surface area contributed by atoms with Gasteiger partial charge in [-0.2, -0.15) is 11.8 Å². The third-order valence-corrected chi connectivity index (χ3v) is 2.05. The molecular weight excluding hydrogens is 128 g/mol. The summed E-state index contributed by atoms with van der Waals surface area (Å²) < 4.78 is 0. The van der Waals surface area contributed by atoms with Gasteiger partial charge in [-0.05, 0) is 18.4 Å². The summed E-state index contributed by atoms with van der Waals surface area (Å²) in [5, 5.41) is 0. The van der Waals surface area contributed by atoms with Crippen molar-refractivity contribution in [1.82, 2.24) is 0 Å². The molecule has 0 aromatic heterocycles. The lowest BCUT2D eigenvalue weighted by molar-refractivity contribution is 0.677. The molecule has 0 bridgehead atoms. The van der Waals surface area contributed by atoms with Gasteiger partial charge in [0.1, 0.15) is 0 Å². The van der Waals surface area contributed by atoms with Gasteiger partial charge < -0.3 is 0 Å². The lowest BCUT2D eigenvalue weighted by Crippen LogP contribution is -1.79. The summed E-state index contributed by atoms with van der Waals surface area (Å²) in [5.41, 5.74) is 0. The minimum Gasteiger partial charge on any atom is -0.165 e. The Bertz CT molecular complexity index is 37.8. The highest BCUT2D eigenvalue weighted by molar-refractivity contribution is 7.98. The Kier molecular flexibility index (Phi) is 8.67. The van der Waals surface area contributed by atoms with Gasteiger partial charge in [0.25, 0.3) is 0 Å². The monoisotopic (exact) mass is 145 g/mol. The van der Waals surface area contributed by atoms with E-state index in [0.717, 1.165) is 6.42 Å². The van der Waals surface area contributed by atoms with E-state index in [2.05, 4.69) is 13.2 Å². The van der Waals surface area contributed by atoms with Crippen LogP contribution >= 0.6 is 11.8 Å². The number of unbranched alkanes of at least 4 members (excludes halogenated alkanes) is 4. The van der Waals surface area contributed by atoms with E-state index in [1.807, 2.05) is 11.8 Å². The molecule has 0 fully saturated rings. The molecule has 0 saturated carbocycles. The largest absolute Gasteiger partial charge is 0.165 e. The minimum atomic E-state index is 1.11. The predicted octanol–water partition coefficient (Wildman–Crippen LogP) is 3.13. The predicted molar refractivity (Wildman–Crippen MR) is 46.8 cm³/mol. The van der Waals surface area contributed by atoms with Crippen LogP contribution in [0.25, 0.3) is 0 Å². The molecule has 0 atom stereocenters. The summed E-state index contributed by atoms with van der Waals surface area (Å²) in [6.07, 6.45) is 8.76. The molecule has 0 N–H and O–H groups in total. The van der Waals surface area contributed by atoms with Crippen molar-refractivity contribution in [3.63, 3.8) is 0 Å². The van der Waals surface area contributed by atoms with Crippen molar-refractivity contribution in [1.29, 1.82) is 0 Å². The maximum Gasteiger partial charge on any atom is -0.00703 e. The van der Waals surface area contributed by atoms with Crippen molar-refractivity contribution in [3.05, 3.63) is 6.92 Å². The molecular formula is C8H17S. The maximum atomic E-state index is 3.80. The summed E-state index contributed by atoms with van der Waals surface area (Å²) in [6, 6.07) is 0. The Hall–Kier alpha value is 0.350. The molecule has 0 aromatic carbocycles. The van der Waals surface area contributed by atoms with Crippen LogP contribution in [0.15, 0.2) is 0 Å². The lowest BCUT2D eigenvalue weighted by Gasteiger charge is -1.95. The van der Waals surface area contributed by atoms with Gasteiger partial charge >= 0.3 is 0 Å². The normalized spacial score (nSPS) is 10.0. The number of rotatable bonds is 6. The smallest absolute Gasteiger partial charge is 0.00703 e. The number of hydrogen-bond acceptors (Lipinski definition) is 1. The molecule has 0 aliphatic rings. The Labute approximate surface area is 63.4 Å². The lowest BCUT2D eigenvalue weighted by atomic mass is 10.2. The molecule has 55 valence electrons. The topological polar surface area (TPSA) is 0 Å². The van der Waals surface area contributed by atoms with E-state index in [1.54, 1.807) is 0 Å². The molecule has 0 saturated heterocycles. The van der Waals surface area contributed by atoms with Gasteiger partial charge in [-0.3, -0.25) is 0 Å². The van der Waals surface area contributed by atoms with Crippen LogP contribution in [0.5, 0.6) is 0 Å². The second-order valence-electron chi connectivity index (χ2n) is 2.26. The molecule has 0 spiro atoms. The maximum absolute atomic E-state index is 3.80. The molecule has 0 rings (SSSR count). The molecule has 1 radical (unpaired) electrons. The highest BCUT2D eigenvalue weighted by Crippen LogP contribution is 2.05. The fraction of sp³-hybridized carbons (Fsp3) is 0.875. The molecule has 0 unspecified atom stereocenters. The van der Waals surface area contributed by atoms with Crippen LogP contribution in [0, 0.1) is 6.92 Å². The van der Waals surface area contributed by atoms with Crippen LogP contribution < -0.4 is 0 Å². The highest BCUT2D eigenvalue weighted by atomic mass is 32.2. The Morgan fingerprint density at radius 3 is 2.33 bits per heavy atom. The van der Waals surface area contributed by atoms with Gasteiger partial charge in [0.2, 0.25) is 0 Å². The van der Waals surface area contributed by atoms with E-state index in [0.29, 0.717) is 0 Å². The van der Waals surface area contributed by atoms with E-state index in [-0.39, 0.29) is 0 Å². The highest BCUT2D eigenvalue weighted by Gasteiger charge is 1.86. The Balaban J connectivity index is 2.60. The molecule has 0 amide bonds. The van der Waals surface area contributed by atoms with Crippen LogP contribution in [0.4, 0.5) is 0 Å². The van der Waals surface area contributed by atoms with Crippen LogP contribution in [0.3, 0.4) is 0 Å². The zero-order valence-corrected chi connectivity index (χ0v) is 7.17. The third kappa shape index (κ3) is 8.35. The van der Waals surface area contributed by atoms with Crippen molar-refractivity contribution >= 4 is 11.8 Å². The molecule has 9 heavy (non-hydrogen) atoms. The van der Waals surface area contributed by atoms with Crippen molar-refractivity contribution in [2.45, 2.75) is 32.1 Å². The number of thioether (sulfide) groups is 1. The van der Waals surface area contributed by atoms with Gasteiger partial charge in [-0.1, -0.05) is 32.6 Å². The van der Waals surface area contributed by atoms with Crippen molar-refractivity contribution < 1.29 is 0 Å². The average molecular weight is 145 g/mol. The Morgan fingerprint density at radius 1 is 1.11 bits per heavy atom. The standard InChI is InChI=1S/C8H17S/c1-3-4-5-6-7-8-9-2/h1,3-8H2,2H3. The van der Waals surface area contributed by atoms with Crippen LogP contribution in [0.1, 0.15) is 32.1 Å². The van der Waals surface area contributed by atoms with Crippen LogP contribution in [-0.2, 0) is 0 Å². The van der Waals surface area contributed by atoms with E-state index in [9.17, 15) is 0 Å². The minimum absolute atomic E-state index is 1.11. The summed E-state index contributed by atoms with van der Waals surface area (Å²) >= 11 is 1.94. The quantitative estimate of drug-likeness (QED) is 0.517. The third-order valence-electron chi connectivity index (χ3n) is 1.35. The second kappa shape index (κ2) is 8.35. The fourth-order valence-corrected chi connectivity index (χ4v) is 1.27. The summed E-state index contributed by atoms with van der Waals surface area (Å²) in [6.45, 7) is 3.80.